The molecule has 1 aliphatic heterocycles. The Kier molecular flexibility index (Phi) is 9.21. The summed E-state index contributed by atoms with van der Waals surface area (Å²) in [5.74, 6) is 2.96. The molecule has 29 heavy (non-hydrogen) atoms. The Hall–Kier alpha value is -2.32. The van der Waals surface area contributed by atoms with Crippen LogP contribution in [0.25, 0.3) is 0 Å². The van der Waals surface area contributed by atoms with E-state index in [0.717, 1.165) is 50.0 Å². The maximum Gasteiger partial charge on any atom is 0.407 e. The van der Waals surface area contributed by atoms with Crippen molar-refractivity contribution in [2.45, 2.75) is 78.4 Å². The number of hydrogen-bond acceptors (Lipinski definition) is 5. The van der Waals surface area contributed by atoms with Crippen molar-refractivity contribution in [3.63, 3.8) is 0 Å². The van der Waals surface area contributed by atoms with E-state index in [2.05, 4.69) is 35.7 Å². The number of guanidine groups is 1. The monoisotopic (exact) mass is 407 g/mol. The number of carbonyl (C=O) groups is 1. The van der Waals surface area contributed by atoms with Gasteiger partial charge in [-0.15, -0.1) is 10.2 Å². The first-order valence-electron chi connectivity index (χ1n) is 10.8. The maximum absolute atomic E-state index is 11.7. The van der Waals surface area contributed by atoms with Gasteiger partial charge in [-0.1, -0.05) is 6.42 Å². The summed E-state index contributed by atoms with van der Waals surface area (Å²) in [7, 11) is 0. The van der Waals surface area contributed by atoms with E-state index in [9.17, 15) is 4.79 Å². The molecule has 0 fully saturated rings. The van der Waals surface area contributed by atoms with Crippen LogP contribution in [0.4, 0.5) is 4.79 Å². The van der Waals surface area contributed by atoms with Gasteiger partial charge in [0.2, 0.25) is 0 Å². The first kappa shape index (κ1) is 23.0. The topological polar surface area (TPSA) is 105 Å². The van der Waals surface area contributed by atoms with Crippen molar-refractivity contribution >= 4 is 12.1 Å². The van der Waals surface area contributed by atoms with Gasteiger partial charge >= 0.3 is 6.09 Å². The highest BCUT2D eigenvalue weighted by Crippen LogP contribution is 2.15. The smallest absolute Gasteiger partial charge is 0.407 e. The molecule has 0 aliphatic carbocycles. The Labute approximate surface area is 174 Å². The standard InChI is InChI=1S/C20H37N7O2/c1-5-21-18(23-13-14-24-19(28)29-20(2,3)4)22-12-9-11-17-26-25-16-10-7-6-8-15-27(16)17/h5-15H2,1-4H3,(H,24,28)(H2,21,22,23). The SMILES string of the molecule is CCNC(=NCCCc1nnc2n1CCCCC2)NCCNC(=O)OC(C)(C)C. The lowest BCUT2D eigenvalue weighted by Gasteiger charge is -2.19. The number of alkyl carbamates (subject to hydrolysis) is 1. The Morgan fingerprint density at radius 2 is 1.93 bits per heavy atom. The highest BCUT2D eigenvalue weighted by atomic mass is 16.6. The molecular weight excluding hydrogens is 370 g/mol. The van der Waals surface area contributed by atoms with E-state index in [1.54, 1.807) is 0 Å². The van der Waals surface area contributed by atoms with Crippen LogP contribution in [0, 0.1) is 0 Å². The van der Waals surface area contributed by atoms with Crippen molar-refractivity contribution in [1.29, 1.82) is 0 Å². The van der Waals surface area contributed by atoms with E-state index < -0.39 is 11.7 Å². The normalized spacial score (nSPS) is 14.7. The van der Waals surface area contributed by atoms with Gasteiger partial charge in [0.1, 0.15) is 17.2 Å². The minimum atomic E-state index is -0.489. The van der Waals surface area contributed by atoms with Crippen molar-refractivity contribution in [1.82, 2.24) is 30.7 Å². The molecule has 0 radical (unpaired) electrons. The number of aromatic nitrogens is 3. The molecule has 0 spiro atoms. The van der Waals surface area contributed by atoms with Crippen LogP contribution in [0.5, 0.6) is 0 Å². The first-order chi connectivity index (χ1) is 13.9. The summed E-state index contributed by atoms with van der Waals surface area (Å²) >= 11 is 0. The van der Waals surface area contributed by atoms with Crippen LogP contribution in [0.3, 0.4) is 0 Å². The molecule has 0 aromatic carbocycles. The number of aryl methyl sites for hydroxylation is 2. The summed E-state index contributed by atoms with van der Waals surface area (Å²) in [5.41, 5.74) is -0.489. The number of rotatable bonds is 8. The molecule has 0 saturated carbocycles. The third-order valence-electron chi connectivity index (χ3n) is 4.44. The van der Waals surface area contributed by atoms with E-state index in [1.807, 2.05) is 27.7 Å². The zero-order chi connectivity index (χ0) is 21.1. The van der Waals surface area contributed by atoms with Crippen molar-refractivity contribution in [2.75, 3.05) is 26.2 Å². The summed E-state index contributed by atoms with van der Waals surface area (Å²) in [5, 5.41) is 17.9. The Morgan fingerprint density at radius 3 is 2.69 bits per heavy atom. The number of nitrogens with zero attached hydrogens (tertiary/aromatic N) is 4. The maximum atomic E-state index is 11.7. The molecule has 164 valence electrons. The highest BCUT2D eigenvalue weighted by molar-refractivity contribution is 5.79. The molecule has 3 N–H and O–H groups in total. The predicted molar refractivity (Wildman–Crippen MR) is 114 cm³/mol. The van der Waals surface area contributed by atoms with Crippen LogP contribution >= 0.6 is 0 Å². The molecule has 2 heterocycles. The Bertz CT molecular complexity index is 664. The average molecular weight is 408 g/mol. The second-order valence-corrected chi connectivity index (χ2v) is 8.21. The van der Waals surface area contributed by atoms with Crippen LogP contribution in [0.15, 0.2) is 4.99 Å². The van der Waals surface area contributed by atoms with Crippen molar-refractivity contribution in [3.05, 3.63) is 11.6 Å². The summed E-state index contributed by atoms with van der Waals surface area (Å²) in [6.07, 6.45) is 6.13. The molecule has 0 unspecified atom stereocenters. The molecule has 0 bridgehead atoms. The number of hydrogen-bond donors (Lipinski definition) is 3. The first-order valence-corrected chi connectivity index (χ1v) is 10.8. The van der Waals surface area contributed by atoms with Crippen molar-refractivity contribution in [3.8, 4) is 0 Å². The number of fused-ring (bicyclic) bond motifs is 1. The predicted octanol–water partition coefficient (Wildman–Crippen LogP) is 2.02. The highest BCUT2D eigenvalue weighted by Gasteiger charge is 2.16. The van der Waals surface area contributed by atoms with Gasteiger partial charge in [0.05, 0.1) is 0 Å². The number of carbonyl (C=O) groups excluding carboxylic acids is 1. The fraction of sp³-hybridized carbons (Fsp3) is 0.800. The van der Waals surface area contributed by atoms with Crippen LogP contribution in [-0.4, -0.2) is 58.6 Å². The summed E-state index contributed by atoms with van der Waals surface area (Å²) in [6, 6.07) is 0. The molecule has 9 nitrogen and oxygen atoms in total. The minimum absolute atomic E-state index is 0.409. The lowest BCUT2D eigenvalue weighted by atomic mass is 10.2. The summed E-state index contributed by atoms with van der Waals surface area (Å²) in [4.78, 5) is 16.3. The van der Waals surface area contributed by atoms with Gasteiger partial charge in [0.15, 0.2) is 5.96 Å². The molecule has 9 heteroatoms. The second kappa shape index (κ2) is 11.6. The van der Waals surface area contributed by atoms with E-state index in [0.29, 0.717) is 19.6 Å². The quantitative estimate of drug-likeness (QED) is 0.346. The molecule has 1 aromatic rings. The second-order valence-electron chi connectivity index (χ2n) is 8.21. The van der Waals surface area contributed by atoms with Gasteiger partial charge in [-0.05, 0) is 47.0 Å². The fourth-order valence-corrected chi connectivity index (χ4v) is 3.16. The number of ether oxygens (including phenoxy) is 1. The van der Waals surface area contributed by atoms with E-state index in [-0.39, 0.29) is 0 Å². The minimum Gasteiger partial charge on any atom is -0.444 e. The molecule has 0 saturated heterocycles. The van der Waals surface area contributed by atoms with Crippen molar-refractivity contribution < 1.29 is 9.53 Å². The van der Waals surface area contributed by atoms with Crippen LogP contribution in [0.1, 0.15) is 65.0 Å². The summed E-state index contributed by atoms with van der Waals surface area (Å²) in [6.45, 7) is 11.1. The Balaban J connectivity index is 1.71. The molecule has 2 rings (SSSR count). The molecule has 0 atom stereocenters. The summed E-state index contributed by atoms with van der Waals surface area (Å²) < 4.78 is 7.51. The van der Waals surface area contributed by atoms with Gasteiger partial charge in [-0.3, -0.25) is 4.99 Å². The molecular formula is C20H37N7O2. The van der Waals surface area contributed by atoms with Gasteiger partial charge in [-0.2, -0.15) is 0 Å². The van der Waals surface area contributed by atoms with Gasteiger partial charge < -0.3 is 25.3 Å². The fourth-order valence-electron chi connectivity index (χ4n) is 3.16. The van der Waals surface area contributed by atoms with Gasteiger partial charge in [0, 0.05) is 45.6 Å². The van der Waals surface area contributed by atoms with E-state index in [1.165, 1.54) is 19.3 Å². The van der Waals surface area contributed by atoms with Gasteiger partial charge in [0.25, 0.3) is 0 Å². The van der Waals surface area contributed by atoms with E-state index in [4.69, 9.17) is 4.74 Å². The lowest BCUT2D eigenvalue weighted by molar-refractivity contribution is 0.0529. The van der Waals surface area contributed by atoms with E-state index >= 15 is 0 Å². The molecule has 1 aliphatic rings. The molecule has 1 aromatic heterocycles. The van der Waals surface area contributed by atoms with Crippen LogP contribution in [0.2, 0.25) is 0 Å². The largest absolute Gasteiger partial charge is 0.444 e. The molecule has 1 amide bonds. The zero-order valence-electron chi connectivity index (χ0n) is 18.4. The Morgan fingerprint density at radius 1 is 1.14 bits per heavy atom. The number of aliphatic imine (C=N–C) groups is 1. The van der Waals surface area contributed by atoms with Crippen LogP contribution < -0.4 is 16.0 Å². The van der Waals surface area contributed by atoms with Crippen molar-refractivity contribution in [2.24, 2.45) is 4.99 Å². The third kappa shape index (κ3) is 8.70. The number of amides is 1. The van der Waals surface area contributed by atoms with Gasteiger partial charge in [-0.25, -0.2) is 4.79 Å². The lowest BCUT2D eigenvalue weighted by Crippen LogP contribution is -2.42. The number of nitrogens with one attached hydrogen (secondary N) is 3. The zero-order valence-corrected chi connectivity index (χ0v) is 18.4. The third-order valence-corrected chi connectivity index (χ3v) is 4.44. The average Bonchev–Trinajstić information content (AvgIpc) is 2.87. The van der Waals surface area contributed by atoms with Crippen LogP contribution in [-0.2, 0) is 24.1 Å².